The third kappa shape index (κ3) is 2.44. The molecule has 0 N–H and O–H groups in total. The highest BCUT2D eigenvalue weighted by molar-refractivity contribution is 5.86. The molecular weight excluding hydrogens is 220 g/mol. The van der Waals surface area contributed by atoms with Gasteiger partial charge in [-0.2, -0.15) is 0 Å². The number of hydrogen-bond acceptors (Lipinski definition) is 1. The van der Waals surface area contributed by atoms with Crippen LogP contribution >= 0.6 is 0 Å². The maximum absolute atomic E-state index is 2.33. The highest BCUT2D eigenvalue weighted by Crippen LogP contribution is 2.26. The second kappa shape index (κ2) is 5.15. The Hall–Kier alpha value is -1.28. The summed E-state index contributed by atoms with van der Waals surface area (Å²) in [5.74, 6) is 0. The topological polar surface area (TPSA) is 8.17 Å². The molecule has 0 saturated carbocycles. The van der Waals surface area contributed by atoms with Gasteiger partial charge in [0.1, 0.15) is 0 Å². The normalized spacial score (nSPS) is 11.7. The van der Waals surface area contributed by atoms with Crippen molar-refractivity contribution in [2.24, 2.45) is 7.05 Å². The summed E-state index contributed by atoms with van der Waals surface area (Å²) in [5, 5.41) is 1.43. The van der Waals surface area contributed by atoms with Gasteiger partial charge in [-0.05, 0) is 64.5 Å². The number of hydrogen-bond donors (Lipinski definition) is 0. The quantitative estimate of drug-likeness (QED) is 0.801. The summed E-state index contributed by atoms with van der Waals surface area (Å²) in [6.45, 7) is 5.55. The van der Waals surface area contributed by atoms with Crippen LogP contribution in [0.2, 0.25) is 0 Å². The molecule has 1 aromatic carbocycles. The third-order valence-electron chi connectivity index (χ3n) is 3.81. The molecule has 0 atom stereocenters. The average molecular weight is 244 g/mol. The van der Waals surface area contributed by atoms with Crippen LogP contribution in [0.1, 0.15) is 23.2 Å². The number of rotatable bonds is 4. The minimum absolute atomic E-state index is 1.15. The molecule has 18 heavy (non-hydrogen) atoms. The maximum Gasteiger partial charge on any atom is 0.0485 e. The van der Waals surface area contributed by atoms with Crippen molar-refractivity contribution in [2.75, 3.05) is 20.6 Å². The van der Waals surface area contributed by atoms with Gasteiger partial charge in [-0.15, -0.1) is 0 Å². The van der Waals surface area contributed by atoms with Crippen LogP contribution in [0.15, 0.2) is 18.2 Å². The molecule has 0 radical (unpaired) electrons. The Morgan fingerprint density at radius 3 is 2.56 bits per heavy atom. The van der Waals surface area contributed by atoms with E-state index in [-0.39, 0.29) is 0 Å². The minimum atomic E-state index is 1.15. The lowest BCUT2D eigenvalue weighted by atomic mass is 10.0. The Balaban J connectivity index is 2.35. The molecule has 1 aromatic heterocycles. The second-order valence-corrected chi connectivity index (χ2v) is 5.55. The Morgan fingerprint density at radius 1 is 1.17 bits per heavy atom. The van der Waals surface area contributed by atoms with Crippen LogP contribution in [0.5, 0.6) is 0 Å². The van der Waals surface area contributed by atoms with Gasteiger partial charge in [-0.1, -0.05) is 12.1 Å². The van der Waals surface area contributed by atoms with Crippen molar-refractivity contribution in [2.45, 2.75) is 26.7 Å². The number of aryl methyl sites for hydroxylation is 3. The second-order valence-electron chi connectivity index (χ2n) is 5.55. The van der Waals surface area contributed by atoms with Crippen LogP contribution < -0.4 is 0 Å². The molecule has 2 heteroatoms. The van der Waals surface area contributed by atoms with E-state index in [4.69, 9.17) is 0 Å². The van der Waals surface area contributed by atoms with Gasteiger partial charge in [0.15, 0.2) is 0 Å². The standard InChI is InChI=1S/C16H24N2/c1-12-8-9-15-14(7-6-10-17(3)4)13(2)18(5)16(15)11-12/h8-9,11H,6-7,10H2,1-5H3. The summed E-state index contributed by atoms with van der Waals surface area (Å²) < 4.78 is 2.33. The van der Waals surface area contributed by atoms with Crippen molar-refractivity contribution in [3.63, 3.8) is 0 Å². The van der Waals surface area contributed by atoms with E-state index in [2.05, 4.69) is 62.7 Å². The zero-order chi connectivity index (χ0) is 13.3. The van der Waals surface area contributed by atoms with Gasteiger partial charge in [0.05, 0.1) is 0 Å². The molecular formula is C16H24N2. The van der Waals surface area contributed by atoms with E-state index in [1.54, 1.807) is 0 Å². The van der Waals surface area contributed by atoms with Crippen molar-refractivity contribution in [3.05, 3.63) is 35.0 Å². The molecule has 1 heterocycles. The van der Waals surface area contributed by atoms with Crippen LogP contribution in [-0.2, 0) is 13.5 Å². The summed E-state index contributed by atoms with van der Waals surface area (Å²) in [4.78, 5) is 2.25. The SMILES string of the molecule is Cc1ccc2c(CCCN(C)C)c(C)n(C)c2c1. The predicted molar refractivity (Wildman–Crippen MR) is 79.3 cm³/mol. The zero-order valence-corrected chi connectivity index (χ0v) is 12.2. The average Bonchev–Trinajstić information content (AvgIpc) is 2.54. The first-order chi connectivity index (χ1) is 8.50. The van der Waals surface area contributed by atoms with Crippen LogP contribution in [0.4, 0.5) is 0 Å². The van der Waals surface area contributed by atoms with Crippen molar-refractivity contribution >= 4 is 10.9 Å². The first kappa shape index (κ1) is 13.2. The molecule has 98 valence electrons. The highest BCUT2D eigenvalue weighted by atomic mass is 15.0. The van der Waals surface area contributed by atoms with Crippen LogP contribution in [0, 0.1) is 13.8 Å². The van der Waals surface area contributed by atoms with Gasteiger partial charge in [-0.3, -0.25) is 0 Å². The minimum Gasteiger partial charge on any atom is -0.348 e. The first-order valence-electron chi connectivity index (χ1n) is 6.70. The molecule has 2 nitrogen and oxygen atoms in total. The van der Waals surface area contributed by atoms with E-state index in [0.717, 1.165) is 6.54 Å². The molecule has 0 aliphatic rings. The summed E-state index contributed by atoms with van der Waals surface area (Å²) in [5.41, 5.74) is 5.64. The lowest BCUT2D eigenvalue weighted by Crippen LogP contribution is -2.13. The third-order valence-corrected chi connectivity index (χ3v) is 3.81. The molecule has 0 saturated heterocycles. The predicted octanol–water partition coefficient (Wildman–Crippen LogP) is 3.29. The molecule has 0 aliphatic heterocycles. The molecule has 0 amide bonds. The summed E-state index contributed by atoms with van der Waals surface area (Å²) in [6.07, 6.45) is 2.39. The Labute approximate surface area is 110 Å². The van der Waals surface area contributed by atoms with E-state index in [9.17, 15) is 0 Å². The van der Waals surface area contributed by atoms with E-state index >= 15 is 0 Å². The lowest BCUT2D eigenvalue weighted by molar-refractivity contribution is 0.400. The number of aromatic nitrogens is 1. The van der Waals surface area contributed by atoms with E-state index < -0.39 is 0 Å². The first-order valence-corrected chi connectivity index (χ1v) is 6.70. The van der Waals surface area contributed by atoms with Crippen LogP contribution in [0.3, 0.4) is 0 Å². The molecule has 0 unspecified atom stereocenters. The van der Waals surface area contributed by atoms with Gasteiger partial charge in [0, 0.05) is 23.6 Å². The number of nitrogens with zero attached hydrogens (tertiary/aromatic N) is 2. The fourth-order valence-corrected chi connectivity index (χ4v) is 2.64. The summed E-state index contributed by atoms with van der Waals surface area (Å²) in [6, 6.07) is 6.79. The summed E-state index contributed by atoms with van der Waals surface area (Å²) >= 11 is 0. The van der Waals surface area contributed by atoms with Crippen molar-refractivity contribution < 1.29 is 0 Å². The maximum atomic E-state index is 2.33. The number of benzene rings is 1. The van der Waals surface area contributed by atoms with E-state index in [1.165, 1.54) is 40.6 Å². The van der Waals surface area contributed by atoms with E-state index in [0.29, 0.717) is 0 Å². The molecule has 2 aromatic rings. The van der Waals surface area contributed by atoms with Crippen molar-refractivity contribution in [3.8, 4) is 0 Å². The highest BCUT2D eigenvalue weighted by Gasteiger charge is 2.11. The Morgan fingerprint density at radius 2 is 1.89 bits per heavy atom. The van der Waals surface area contributed by atoms with Gasteiger partial charge in [-0.25, -0.2) is 0 Å². The van der Waals surface area contributed by atoms with E-state index in [1.807, 2.05) is 0 Å². The Kier molecular flexibility index (Phi) is 3.76. The van der Waals surface area contributed by atoms with Crippen molar-refractivity contribution in [1.82, 2.24) is 9.47 Å². The molecule has 0 spiro atoms. The summed E-state index contributed by atoms with van der Waals surface area (Å²) in [7, 11) is 6.45. The van der Waals surface area contributed by atoms with Gasteiger partial charge in [0.25, 0.3) is 0 Å². The fourth-order valence-electron chi connectivity index (χ4n) is 2.64. The monoisotopic (exact) mass is 244 g/mol. The fraction of sp³-hybridized carbons (Fsp3) is 0.500. The van der Waals surface area contributed by atoms with Gasteiger partial charge in [0.2, 0.25) is 0 Å². The molecule has 0 bridgehead atoms. The smallest absolute Gasteiger partial charge is 0.0485 e. The zero-order valence-electron chi connectivity index (χ0n) is 12.2. The van der Waals surface area contributed by atoms with Gasteiger partial charge >= 0.3 is 0 Å². The van der Waals surface area contributed by atoms with Crippen LogP contribution in [-0.4, -0.2) is 30.1 Å². The molecule has 0 fully saturated rings. The number of fused-ring (bicyclic) bond motifs is 1. The van der Waals surface area contributed by atoms with Gasteiger partial charge < -0.3 is 9.47 Å². The Bertz CT molecular complexity index is 550. The largest absolute Gasteiger partial charge is 0.348 e. The lowest BCUT2D eigenvalue weighted by Gasteiger charge is -2.09. The molecule has 0 aliphatic carbocycles. The van der Waals surface area contributed by atoms with Crippen LogP contribution in [0.25, 0.3) is 10.9 Å². The molecule has 2 rings (SSSR count). The van der Waals surface area contributed by atoms with Crippen molar-refractivity contribution in [1.29, 1.82) is 0 Å².